The van der Waals surface area contributed by atoms with Crippen LogP contribution in [-0.2, 0) is 4.74 Å². The first-order valence-electron chi connectivity index (χ1n) is 5.47. The van der Waals surface area contributed by atoms with E-state index in [1.165, 1.54) is 12.8 Å². The van der Waals surface area contributed by atoms with Crippen molar-refractivity contribution < 1.29 is 4.74 Å². The fourth-order valence-electron chi connectivity index (χ4n) is 1.15. The minimum Gasteiger partial charge on any atom is -0.381 e. The molecular weight excluding hydrogens is 162 g/mol. The van der Waals surface area contributed by atoms with Crippen LogP contribution in [0.2, 0.25) is 0 Å². The van der Waals surface area contributed by atoms with E-state index < -0.39 is 0 Å². The molecule has 0 radical (unpaired) electrons. The molecule has 2 nitrogen and oxygen atoms in total. The van der Waals surface area contributed by atoms with Gasteiger partial charge in [-0.3, -0.25) is 0 Å². The number of hydrogen-bond acceptors (Lipinski definition) is 2. The molecule has 0 spiro atoms. The molecule has 0 aliphatic carbocycles. The molecule has 0 aliphatic heterocycles. The molecule has 0 heterocycles. The minimum absolute atomic E-state index is 0.592. The van der Waals surface area contributed by atoms with Gasteiger partial charge >= 0.3 is 0 Å². The van der Waals surface area contributed by atoms with E-state index in [9.17, 15) is 0 Å². The van der Waals surface area contributed by atoms with Gasteiger partial charge in [0.1, 0.15) is 0 Å². The van der Waals surface area contributed by atoms with E-state index in [4.69, 9.17) is 4.74 Å². The lowest BCUT2D eigenvalue weighted by Crippen LogP contribution is -2.29. The van der Waals surface area contributed by atoms with E-state index in [-0.39, 0.29) is 0 Å². The molecule has 0 saturated carbocycles. The van der Waals surface area contributed by atoms with Crippen LogP contribution in [-0.4, -0.2) is 26.3 Å². The number of ether oxygens (including phenoxy) is 1. The first kappa shape index (κ1) is 12.9. The average Bonchev–Trinajstić information content (AvgIpc) is 2.16. The Labute approximate surface area is 83.1 Å². The minimum atomic E-state index is 0.592. The summed E-state index contributed by atoms with van der Waals surface area (Å²) in [5.41, 5.74) is 0. The fraction of sp³-hybridized carbons (Fsp3) is 1.00. The van der Waals surface area contributed by atoms with E-state index >= 15 is 0 Å². The summed E-state index contributed by atoms with van der Waals surface area (Å²) in [5, 5.41) is 3.26. The third-order valence-corrected chi connectivity index (χ3v) is 2.67. The van der Waals surface area contributed by atoms with Crippen LogP contribution in [0.4, 0.5) is 0 Å². The van der Waals surface area contributed by atoms with Gasteiger partial charge in [-0.2, -0.15) is 0 Å². The quantitative estimate of drug-likeness (QED) is 0.589. The first-order chi connectivity index (χ1) is 6.22. The Morgan fingerprint density at radius 3 is 2.46 bits per heavy atom. The summed E-state index contributed by atoms with van der Waals surface area (Å²) in [6.45, 7) is 8.51. The van der Waals surface area contributed by atoms with Crippen LogP contribution in [0.25, 0.3) is 0 Å². The highest BCUT2D eigenvalue weighted by atomic mass is 16.5. The second-order valence-corrected chi connectivity index (χ2v) is 3.81. The molecular formula is C11H25NO. The predicted octanol–water partition coefficient (Wildman–Crippen LogP) is 2.44. The van der Waals surface area contributed by atoms with Crippen molar-refractivity contribution in [3.63, 3.8) is 0 Å². The lowest BCUT2D eigenvalue weighted by molar-refractivity contribution is 0.115. The molecule has 2 atom stereocenters. The largest absolute Gasteiger partial charge is 0.381 e. The molecule has 0 rings (SSSR count). The van der Waals surface area contributed by atoms with Crippen LogP contribution in [0, 0.1) is 5.92 Å². The Morgan fingerprint density at radius 2 is 1.92 bits per heavy atom. The van der Waals surface area contributed by atoms with Crippen LogP contribution in [0.15, 0.2) is 0 Å². The molecule has 13 heavy (non-hydrogen) atoms. The lowest BCUT2D eigenvalue weighted by Gasteiger charge is -2.18. The summed E-state index contributed by atoms with van der Waals surface area (Å²) in [7, 11) is 2.01. The van der Waals surface area contributed by atoms with E-state index in [1.54, 1.807) is 0 Å². The Bertz CT molecular complexity index is 106. The van der Waals surface area contributed by atoms with Crippen molar-refractivity contribution in [3.8, 4) is 0 Å². The maximum Gasteiger partial charge on any atom is 0.0469 e. The number of hydrogen-bond donors (Lipinski definition) is 1. The summed E-state index contributed by atoms with van der Waals surface area (Å²) in [5.74, 6) is 0.701. The van der Waals surface area contributed by atoms with E-state index in [0.29, 0.717) is 12.0 Å². The van der Waals surface area contributed by atoms with Gasteiger partial charge in [0.25, 0.3) is 0 Å². The van der Waals surface area contributed by atoms with Crippen LogP contribution in [0.3, 0.4) is 0 Å². The molecule has 0 aliphatic rings. The summed E-state index contributed by atoms with van der Waals surface area (Å²) in [4.78, 5) is 0. The van der Waals surface area contributed by atoms with Crippen molar-refractivity contribution in [1.29, 1.82) is 0 Å². The van der Waals surface area contributed by atoms with Crippen LogP contribution >= 0.6 is 0 Å². The highest BCUT2D eigenvalue weighted by Crippen LogP contribution is 2.07. The van der Waals surface area contributed by atoms with Crippen molar-refractivity contribution in [1.82, 2.24) is 5.32 Å². The van der Waals surface area contributed by atoms with Gasteiger partial charge in [0.2, 0.25) is 0 Å². The summed E-state index contributed by atoms with van der Waals surface area (Å²) >= 11 is 0. The van der Waals surface area contributed by atoms with Gasteiger partial charge in [0.05, 0.1) is 0 Å². The Kier molecular flexibility index (Phi) is 8.46. The summed E-state index contributed by atoms with van der Waals surface area (Å²) in [6, 6.07) is 0.592. The van der Waals surface area contributed by atoms with Crippen LogP contribution in [0.1, 0.15) is 40.0 Å². The van der Waals surface area contributed by atoms with Gasteiger partial charge in [0.15, 0.2) is 0 Å². The molecule has 0 fully saturated rings. The van der Waals surface area contributed by atoms with Crippen molar-refractivity contribution >= 4 is 0 Å². The van der Waals surface area contributed by atoms with Crippen molar-refractivity contribution in [3.05, 3.63) is 0 Å². The van der Waals surface area contributed by atoms with Crippen LogP contribution < -0.4 is 5.32 Å². The third-order valence-electron chi connectivity index (χ3n) is 2.67. The van der Waals surface area contributed by atoms with Gasteiger partial charge in [-0.05, 0) is 32.7 Å². The monoisotopic (exact) mass is 187 g/mol. The predicted molar refractivity (Wildman–Crippen MR) is 58.0 cm³/mol. The van der Waals surface area contributed by atoms with Gasteiger partial charge in [-0.15, -0.1) is 0 Å². The van der Waals surface area contributed by atoms with Gasteiger partial charge in [-0.25, -0.2) is 0 Å². The van der Waals surface area contributed by atoms with E-state index in [1.807, 2.05) is 7.05 Å². The third kappa shape index (κ3) is 7.03. The average molecular weight is 187 g/mol. The summed E-state index contributed by atoms with van der Waals surface area (Å²) < 4.78 is 5.51. The lowest BCUT2D eigenvalue weighted by atomic mass is 10.0. The number of nitrogens with one attached hydrogen (secondary N) is 1. The smallest absolute Gasteiger partial charge is 0.0469 e. The molecule has 0 amide bonds. The SMILES string of the molecule is CCCCOCCC(C)C(C)NC. The Balaban J connectivity index is 3.21. The number of rotatable bonds is 8. The zero-order chi connectivity index (χ0) is 10.1. The molecule has 2 heteroatoms. The molecule has 80 valence electrons. The van der Waals surface area contributed by atoms with E-state index in [2.05, 4.69) is 26.1 Å². The molecule has 0 aromatic carbocycles. The normalized spacial score (nSPS) is 15.7. The molecule has 0 bridgehead atoms. The zero-order valence-electron chi connectivity index (χ0n) is 9.60. The fourth-order valence-corrected chi connectivity index (χ4v) is 1.15. The highest BCUT2D eigenvalue weighted by molar-refractivity contribution is 4.65. The van der Waals surface area contributed by atoms with Gasteiger partial charge < -0.3 is 10.1 Å². The topological polar surface area (TPSA) is 21.3 Å². The Morgan fingerprint density at radius 1 is 1.23 bits per heavy atom. The zero-order valence-corrected chi connectivity index (χ0v) is 9.60. The molecule has 1 N–H and O–H groups in total. The highest BCUT2D eigenvalue weighted by Gasteiger charge is 2.08. The standard InChI is InChI=1S/C11H25NO/c1-5-6-8-13-9-7-10(2)11(3)12-4/h10-12H,5-9H2,1-4H3. The molecule has 0 aromatic rings. The second-order valence-electron chi connectivity index (χ2n) is 3.81. The Hall–Kier alpha value is -0.0800. The first-order valence-corrected chi connectivity index (χ1v) is 5.47. The maximum absolute atomic E-state index is 5.51. The van der Waals surface area contributed by atoms with Crippen molar-refractivity contribution in [2.45, 2.75) is 46.1 Å². The van der Waals surface area contributed by atoms with Gasteiger partial charge in [0, 0.05) is 19.3 Å². The van der Waals surface area contributed by atoms with Gasteiger partial charge in [-0.1, -0.05) is 20.3 Å². The number of unbranched alkanes of at least 4 members (excludes halogenated alkanes) is 1. The van der Waals surface area contributed by atoms with Crippen molar-refractivity contribution in [2.75, 3.05) is 20.3 Å². The second kappa shape index (κ2) is 8.52. The maximum atomic E-state index is 5.51. The van der Waals surface area contributed by atoms with Crippen LogP contribution in [0.5, 0.6) is 0 Å². The summed E-state index contributed by atoms with van der Waals surface area (Å²) in [6.07, 6.45) is 3.57. The molecule has 0 aromatic heterocycles. The van der Waals surface area contributed by atoms with E-state index in [0.717, 1.165) is 19.6 Å². The molecule has 0 saturated heterocycles. The molecule has 2 unspecified atom stereocenters. The van der Waals surface area contributed by atoms with Crippen molar-refractivity contribution in [2.24, 2.45) is 5.92 Å².